The maximum absolute atomic E-state index is 2.31. The molecular formula is C7H11P. The quantitative estimate of drug-likeness (QED) is 0.498. The van der Waals surface area contributed by atoms with Crippen LogP contribution in [0.5, 0.6) is 0 Å². The molecule has 0 nitrogen and oxygen atoms in total. The van der Waals surface area contributed by atoms with Gasteiger partial charge in [-0.05, 0) is 26.6 Å². The highest BCUT2D eigenvalue weighted by molar-refractivity contribution is 7.74. The molecule has 0 aromatic rings. The van der Waals surface area contributed by atoms with Crippen molar-refractivity contribution in [3.63, 3.8) is 0 Å². The summed E-state index contributed by atoms with van der Waals surface area (Å²) in [5.74, 6) is 4.58. The van der Waals surface area contributed by atoms with Crippen molar-refractivity contribution < 1.29 is 0 Å². The van der Waals surface area contributed by atoms with Crippen molar-refractivity contribution in [2.45, 2.75) is 20.3 Å². The van der Waals surface area contributed by atoms with Crippen LogP contribution in [0.1, 0.15) is 20.3 Å². The minimum absolute atomic E-state index is 0.194. The maximum atomic E-state index is 2.31. The van der Waals surface area contributed by atoms with Gasteiger partial charge in [0, 0.05) is 0 Å². The van der Waals surface area contributed by atoms with Gasteiger partial charge >= 0.3 is 0 Å². The van der Waals surface area contributed by atoms with E-state index in [9.17, 15) is 0 Å². The molecule has 0 spiro atoms. The predicted octanol–water partition coefficient (Wildman–Crippen LogP) is 3.27. The lowest BCUT2D eigenvalue weighted by Gasteiger charge is -1.92. The summed E-state index contributed by atoms with van der Waals surface area (Å²) >= 11 is 0. The zero-order valence-corrected chi connectivity index (χ0v) is 6.28. The number of hydrogen-bond donors (Lipinski definition) is 0. The van der Waals surface area contributed by atoms with Gasteiger partial charge in [-0.25, -0.2) is 0 Å². The molecule has 0 saturated heterocycles. The third-order valence-corrected chi connectivity index (χ3v) is 2.80. The monoisotopic (exact) mass is 126 g/mol. The second-order valence-electron chi connectivity index (χ2n) is 1.96. The Bertz CT molecular complexity index is 127. The summed E-state index contributed by atoms with van der Waals surface area (Å²) in [6.45, 7) is 4.40. The first kappa shape index (κ1) is 6.04. The zero-order valence-electron chi connectivity index (χ0n) is 5.39. The molecule has 0 aromatic heterocycles. The van der Waals surface area contributed by atoms with Crippen molar-refractivity contribution >= 4 is 7.92 Å². The standard InChI is InChI=1S/C7H11P/c1-3-4-7(2)8-5-6-8/h4-6H,3H2,1-2H3. The van der Waals surface area contributed by atoms with Crippen molar-refractivity contribution in [2.24, 2.45) is 0 Å². The highest BCUT2D eigenvalue weighted by atomic mass is 31.1. The Balaban J connectivity index is 2.32. The third-order valence-electron chi connectivity index (χ3n) is 1.20. The largest absolute Gasteiger partial charge is 0.0808 e. The Morgan fingerprint density at radius 3 is 2.62 bits per heavy atom. The van der Waals surface area contributed by atoms with E-state index >= 15 is 0 Å². The molecular weight excluding hydrogens is 115 g/mol. The molecule has 0 N–H and O–H groups in total. The molecule has 1 rings (SSSR count). The first-order valence-electron chi connectivity index (χ1n) is 2.98. The van der Waals surface area contributed by atoms with Crippen LogP contribution < -0.4 is 0 Å². The van der Waals surface area contributed by atoms with Crippen LogP contribution in [0, 0.1) is 0 Å². The molecule has 0 atom stereocenters. The molecule has 1 heterocycles. The van der Waals surface area contributed by atoms with Gasteiger partial charge in [0.15, 0.2) is 0 Å². The molecule has 0 aliphatic carbocycles. The topological polar surface area (TPSA) is 0 Å². The summed E-state index contributed by atoms with van der Waals surface area (Å²) in [4.78, 5) is 0. The fourth-order valence-corrected chi connectivity index (χ4v) is 1.80. The molecule has 0 bridgehead atoms. The van der Waals surface area contributed by atoms with Gasteiger partial charge in [-0.15, -0.1) is 0 Å². The molecule has 0 unspecified atom stereocenters. The van der Waals surface area contributed by atoms with Crippen LogP contribution in [0.3, 0.4) is 0 Å². The van der Waals surface area contributed by atoms with E-state index in [-0.39, 0.29) is 7.92 Å². The lowest BCUT2D eigenvalue weighted by Crippen LogP contribution is -1.59. The highest BCUT2D eigenvalue weighted by Gasteiger charge is 2.10. The summed E-state index contributed by atoms with van der Waals surface area (Å²) in [7, 11) is 0.194. The van der Waals surface area contributed by atoms with Crippen LogP contribution >= 0.6 is 7.92 Å². The molecule has 0 fully saturated rings. The van der Waals surface area contributed by atoms with Gasteiger partial charge in [0.25, 0.3) is 0 Å². The van der Waals surface area contributed by atoms with Crippen LogP contribution in [0.25, 0.3) is 0 Å². The average molecular weight is 126 g/mol. The van der Waals surface area contributed by atoms with Gasteiger partial charge in [0.05, 0.1) is 0 Å². The van der Waals surface area contributed by atoms with Gasteiger partial charge in [-0.1, -0.05) is 24.6 Å². The molecule has 1 aliphatic rings. The predicted molar refractivity (Wildman–Crippen MR) is 40.1 cm³/mol. The van der Waals surface area contributed by atoms with Crippen molar-refractivity contribution in [3.05, 3.63) is 23.0 Å². The van der Waals surface area contributed by atoms with E-state index in [0.717, 1.165) is 0 Å². The number of rotatable bonds is 2. The smallest absolute Gasteiger partial charge is 0.0330 e. The fraction of sp³-hybridized carbons (Fsp3) is 0.429. The summed E-state index contributed by atoms with van der Waals surface area (Å²) in [5.41, 5.74) is 0. The van der Waals surface area contributed by atoms with Gasteiger partial charge in [-0.3, -0.25) is 0 Å². The minimum atomic E-state index is 0.194. The van der Waals surface area contributed by atoms with E-state index in [0.29, 0.717) is 0 Å². The fourth-order valence-electron chi connectivity index (χ4n) is 0.669. The van der Waals surface area contributed by atoms with Gasteiger partial charge in [-0.2, -0.15) is 0 Å². The Hall–Kier alpha value is -0.0900. The molecule has 0 amide bonds. The lowest BCUT2D eigenvalue weighted by molar-refractivity contribution is 1.21. The molecule has 1 aliphatic heterocycles. The SMILES string of the molecule is CCC=C(C)P1C=C1. The van der Waals surface area contributed by atoms with Gasteiger partial charge in [0.1, 0.15) is 0 Å². The van der Waals surface area contributed by atoms with E-state index < -0.39 is 0 Å². The molecule has 44 valence electrons. The van der Waals surface area contributed by atoms with E-state index in [1.54, 1.807) is 5.31 Å². The van der Waals surface area contributed by atoms with E-state index in [2.05, 4.69) is 31.6 Å². The summed E-state index contributed by atoms with van der Waals surface area (Å²) < 4.78 is 0. The number of allylic oxidation sites excluding steroid dienone is 2. The highest BCUT2D eigenvalue weighted by Crippen LogP contribution is 2.59. The van der Waals surface area contributed by atoms with Crippen molar-refractivity contribution in [3.8, 4) is 0 Å². The molecule has 0 radical (unpaired) electrons. The minimum Gasteiger partial charge on any atom is -0.0808 e. The Labute approximate surface area is 52.0 Å². The summed E-state index contributed by atoms with van der Waals surface area (Å²) in [6.07, 6.45) is 3.50. The van der Waals surface area contributed by atoms with E-state index in [4.69, 9.17) is 0 Å². The second-order valence-corrected chi connectivity index (χ2v) is 4.08. The molecule has 1 heteroatoms. The third kappa shape index (κ3) is 1.45. The van der Waals surface area contributed by atoms with Crippen LogP contribution in [-0.4, -0.2) is 0 Å². The normalized spacial score (nSPS) is 19.5. The summed E-state index contributed by atoms with van der Waals surface area (Å²) in [5, 5.41) is 1.57. The Kier molecular flexibility index (Phi) is 1.85. The Morgan fingerprint density at radius 1 is 1.62 bits per heavy atom. The van der Waals surface area contributed by atoms with Crippen LogP contribution in [0.2, 0.25) is 0 Å². The molecule has 8 heavy (non-hydrogen) atoms. The Morgan fingerprint density at radius 2 is 2.25 bits per heavy atom. The maximum Gasteiger partial charge on any atom is -0.0330 e. The zero-order chi connectivity index (χ0) is 5.98. The average Bonchev–Trinajstić information content (AvgIpc) is 2.45. The summed E-state index contributed by atoms with van der Waals surface area (Å²) in [6, 6.07) is 0. The van der Waals surface area contributed by atoms with Crippen LogP contribution in [0.4, 0.5) is 0 Å². The van der Waals surface area contributed by atoms with Gasteiger partial charge < -0.3 is 0 Å². The second kappa shape index (κ2) is 2.46. The van der Waals surface area contributed by atoms with Crippen molar-refractivity contribution in [2.75, 3.05) is 0 Å². The molecule has 0 saturated carbocycles. The first-order chi connectivity index (χ1) is 3.84. The first-order valence-corrected chi connectivity index (χ1v) is 4.46. The van der Waals surface area contributed by atoms with Crippen molar-refractivity contribution in [1.29, 1.82) is 0 Å². The van der Waals surface area contributed by atoms with Crippen LogP contribution in [-0.2, 0) is 0 Å². The van der Waals surface area contributed by atoms with E-state index in [1.807, 2.05) is 0 Å². The number of hydrogen-bond acceptors (Lipinski definition) is 0. The van der Waals surface area contributed by atoms with Gasteiger partial charge in [0.2, 0.25) is 0 Å². The van der Waals surface area contributed by atoms with Crippen LogP contribution in [0.15, 0.2) is 23.0 Å². The van der Waals surface area contributed by atoms with Crippen molar-refractivity contribution in [1.82, 2.24) is 0 Å². The lowest BCUT2D eigenvalue weighted by atomic mass is 10.4. The molecule has 0 aromatic carbocycles. The van der Waals surface area contributed by atoms with E-state index in [1.165, 1.54) is 6.42 Å².